The molecule has 3 aromatic carbocycles. The Kier molecular flexibility index (Phi) is 19.9. The number of carbonyl (C=O) groups excluding carboxylic acids is 8. The van der Waals surface area contributed by atoms with Crippen LogP contribution in [0.1, 0.15) is 90.5 Å². The van der Waals surface area contributed by atoms with E-state index < -0.39 is 30.0 Å². The normalized spacial score (nSPS) is 17.6. The number of primary amides is 1. The molecule has 0 radical (unpaired) electrons. The molecule has 9 amide bonds. The smallest absolute Gasteiger partial charge is 0.414 e. The van der Waals surface area contributed by atoms with Gasteiger partial charge in [-0.25, -0.2) is 9.59 Å². The highest BCUT2D eigenvalue weighted by Crippen LogP contribution is 2.41. The van der Waals surface area contributed by atoms with Crippen molar-refractivity contribution in [2.24, 2.45) is 5.73 Å². The molecule has 5 heterocycles. The van der Waals surface area contributed by atoms with E-state index in [0.29, 0.717) is 142 Å². The van der Waals surface area contributed by atoms with Crippen molar-refractivity contribution in [2.45, 2.75) is 88.9 Å². The van der Waals surface area contributed by atoms with E-state index in [1.807, 2.05) is 11.0 Å². The number of carbonyl (C=O) groups is 8. The second kappa shape index (κ2) is 27.5. The summed E-state index contributed by atoms with van der Waals surface area (Å²) in [6.45, 7) is 11.4. The van der Waals surface area contributed by atoms with Gasteiger partial charge in [0.15, 0.2) is 23.0 Å². The lowest BCUT2D eigenvalue weighted by Crippen LogP contribution is -2.47. The number of nitrogens with two attached hydrogens (primary N) is 1. The molecule has 0 spiro atoms. The third kappa shape index (κ3) is 15.0. The molecule has 7 N–H and O–H groups in total. The van der Waals surface area contributed by atoms with E-state index in [-0.39, 0.29) is 73.9 Å². The number of hydrogen-bond donors (Lipinski definition) is 6. The van der Waals surface area contributed by atoms with E-state index in [0.717, 1.165) is 28.9 Å². The molecule has 3 atom stereocenters. The van der Waals surface area contributed by atoms with Crippen molar-refractivity contribution in [2.75, 3.05) is 95.3 Å². The third-order valence-corrected chi connectivity index (χ3v) is 14.6. The van der Waals surface area contributed by atoms with E-state index in [2.05, 4.69) is 39.7 Å². The number of unbranched alkanes of at least 4 members (excludes halogenated alkanes) is 4. The Morgan fingerprint density at radius 1 is 0.741 bits per heavy atom. The predicted molar refractivity (Wildman–Crippen MR) is 300 cm³/mol. The Labute approximate surface area is 470 Å². The predicted octanol–water partition coefficient (Wildman–Crippen LogP) is 5.01. The maximum absolute atomic E-state index is 14.2. The number of methoxy groups -OCH3 is 2. The van der Waals surface area contributed by atoms with Crippen LogP contribution in [0.25, 0.3) is 0 Å². The molecule has 3 aromatic rings. The minimum absolute atomic E-state index is 0.0511. The minimum atomic E-state index is -0.919. The minimum Gasteiger partial charge on any atom is -0.493 e. The summed E-state index contributed by atoms with van der Waals surface area (Å²) < 4.78 is 29.7. The first-order valence-electron chi connectivity index (χ1n) is 27.4. The summed E-state index contributed by atoms with van der Waals surface area (Å²) in [6.07, 6.45) is 7.56. The molecule has 0 aliphatic carbocycles. The zero-order valence-corrected chi connectivity index (χ0v) is 45.9. The molecule has 5 aliphatic heterocycles. The highest BCUT2D eigenvalue weighted by Gasteiger charge is 2.41. The maximum Gasteiger partial charge on any atom is 0.414 e. The Bertz CT molecular complexity index is 2910. The van der Waals surface area contributed by atoms with Crippen LogP contribution in [-0.2, 0) is 30.5 Å². The van der Waals surface area contributed by atoms with E-state index in [1.165, 1.54) is 24.2 Å². The number of rotatable bonds is 27. The number of benzene rings is 3. The van der Waals surface area contributed by atoms with E-state index in [4.69, 9.17) is 29.4 Å². The first-order valence-corrected chi connectivity index (χ1v) is 27.4. The van der Waals surface area contributed by atoms with Crippen LogP contribution in [0.3, 0.4) is 0 Å². The van der Waals surface area contributed by atoms with Gasteiger partial charge >= 0.3 is 12.1 Å². The van der Waals surface area contributed by atoms with Crippen LogP contribution >= 0.6 is 0 Å². The molecule has 2 saturated heterocycles. The summed E-state index contributed by atoms with van der Waals surface area (Å²) in [7, 11) is 3.03. The number of hydrogen-bond acceptors (Lipinski definition) is 15. The topological polar surface area (TPSA) is 282 Å². The molecule has 3 unspecified atom stereocenters. The number of ether oxygens (including phenoxy) is 5. The quantitative estimate of drug-likeness (QED) is 0.0332. The number of nitrogens with zero attached hydrogens (tertiary/aromatic N) is 4. The molecule has 8 rings (SSSR count). The Morgan fingerprint density at radius 3 is 2.05 bits per heavy atom. The van der Waals surface area contributed by atoms with E-state index in [1.54, 1.807) is 54.5 Å². The molecule has 0 aromatic heterocycles. The highest BCUT2D eigenvalue weighted by atomic mass is 16.6. The molecule has 0 bridgehead atoms. The zero-order chi connectivity index (χ0) is 57.6. The number of nitrogens with one attached hydrogen (secondary N) is 5. The summed E-state index contributed by atoms with van der Waals surface area (Å²) in [5.74, 6) is -0.222. The van der Waals surface area contributed by atoms with Gasteiger partial charge in [0.05, 0.1) is 75.1 Å². The Hall–Kier alpha value is -8.60. The van der Waals surface area contributed by atoms with Gasteiger partial charge in [-0.05, 0) is 101 Å². The van der Waals surface area contributed by atoms with Gasteiger partial charge in [0.2, 0.25) is 11.8 Å². The SMILES string of the molecule is C=C1CC2CNc3cc(OCCCCCOc4cc5c(cc4OC)C(=O)N4CC(=C)CC4CN5C(=O)OCc4ccc(NC(=O)C(CCCCNC(N)=O)NC(=O)CNCCCCN5C(=O)C=CC5=O)cc4)c(OC)cc3C(=O)N2C1. The monoisotopic (exact) mass is 1120 g/mol. The van der Waals surface area contributed by atoms with Crippen LogP contribution in [0.4, 0.5) is 26.7 Å². The average Bonchev–Trinajstić information content (AvgIpc) is 4.20. The fourth-order valence-electron chi connectivity index (χ4n) is 10.4. The summed E-state index contributed by atoms with van der Waals surface area (Å²) >= 11 is 0. The van der Waals surface area contributed by atoms with Crippen LogP contribution in [0.2, 0.25) is 0 Å². The van der Waals surface area contributed by atoms with Crippen molar-refractivity contribution in [1.29, 1.82) is 0 Å². The average molecular weight is 1120 g/mol. The van der Waals surface area contributed by atoms with Crippen molar-refractivity contribution >= 4 is 64.6 Å². The van der Waals surface area contributed by atoms with Crippen molar-refractivity contribution < 1.29 is 62.0 Å². The first kappa shape index (κ1) is 58.5. The molecule has 5 aliphatic rings. The number of amides is 9. The van der Waals surface area contributed by atoms with Crippen LogP contribution in [0.5, 0.6) is 23.0 Å². The standard InChI is InChI=1S/C58H72N10O13/c1-36-24-40-30-62-45-28-49(47(77-3)26-42(45)55(73)66(40)32-36)79-22-10-5-11-23-80-50-29-46-43(27-48(50)78-4)56(74)67-33-37(2)25-41(67)34-68(46)58(76)81-35-38-13-15-39(16-14-38)63-54(72)44(12-6-7-20-61-57(59)75)64-51(69)31-60-19-8-9-21-65-52(70)17-18-53(65)71/h13-18,26-29,40-41,44,60,62H,1-2,5-12,19-25,30-35H2,3-4H3,(H,63,72)(H,64,69)(H3,59,61,75). The number of anilines is 3. The largest absolute Gasteiger partial charge is 0.493 e. The molecular weight excluding hydrogens is 1040 g/mol. The molecule has 2 fully saturated rings. The van der Waals surface area contributed by atoms with Crippen molar-refractivity contribution in [3.63, 3.8) is 0 Å². The number of urea groups is 1. The van der Waals surface area contributed by atoms with Gasteiger partial charge in [-0.2, -0.15) is 0 Å². The van der Waals surface area contributed by atoms with Crippen molar-refractivity contribution in [3.8, 4) is 23.0 Å². The van der Waals surface area contributed by atoms with Crippen LogP contribution in [0, 0.1) is 0 Å². The second-order valence-electron chi connectivity index (χ2n) is 20.6. The number of fused-ring (bicyclic) bond motifs is 4. The van der Waals surface area contributed by atoms with Gasteiger partial charge in [0, 0.05) is 62.7 Å². The molecule has 23 nitrogen and oxygen atoms in total. The lowest BCUT2D eigenvalue weighted by atomic mass is 10.1. The Morgan fingerprint density at radius 2 is 1.37 bits per heavy atom. The lowest BCUT2D eigenvalue weighted by molar-refractivity contribution is -0.136. The summed E-state index contributed by atoms with van der Waals surface area (Å²) in [5, 5.41) is 14.6. The summed E-state index contributed by atoms with van der Waals surface area (Å²) in [5.41, 5.74) is 9.93. The van der Waals surface area contributed by atoms with Crippen molar-refractivity contribution in [1.82, 2.24) is 30.7 Å². The van der Waals surface area contributed by atoms with Crippen LogP contribution in [-0.4, -0.2) is 160 Å². The maximum atomic E-state index is 14.2. The highest BCUT2D eigenvalue weighted by molar-refractivity contribution is 6.13. The van der Waals surface area contributed by atoms with Gasteiger partial charge in [0.1, 0.15) is 12.6 Å². The van der Waals surface area contributed by atoms with Gasteiger partial charge in [0.25, 0.3) is 23.6 Å². The second-order valence-corrected chi connectivity index (χ2v) is 20.6. The Balaban J connectivity index is 0.838. The number of imide groups is 1. The lowest BCUT2D eigenvalue weighted by Gasteiger charge is -2.26. The van der Waals surface area contributed by atoms with E-state index in [9.17, 15) is 38.4 Å². The summed E-state index contributed by atoms with van der Waals surface area (Å²) in [4.78, 5) is 109. The molecule has 81 heavy (non-hydrogen) atoms. The van der Waals surface area contributed by atoms with Crippen LogP contribution < -0.4 is 56.2 Å². The third-order valence-electron chi connectivity index (χ3n) is 14.6. The molecule has 0 saturated carbocycles. The van der Waals surface area contributed by atoms with Gasteiger partial charge in [-0.3, -0.25) is 38.6 Å². The molecule has 23 heteroatoms. The van der Waals surface area contributed by atoms with Gasteiger partial charge in [-0.15, -0.1) is 0 Å². The summed E-state index contributed by atoms with van der Waals surface area (Å²) in [6, 6.07) is 11.6. The first-order chi connectivity index (χ1) is 39.1. The van der Waals surface area contributed by atoms with Crippen molar-refractivity contribution in [3.05, 3.63) is 102 Å². The fourth-order valence-corrected chi connectivity index (χ4v) is 10.4. The van der Waals surface area contributed by atoms with Gasteiger partial charge in [-0.1, -0.05) is 36.4 Å². The van der Waals surface area contributed by atoms with E-state index >= 15 is 0 Å². The fraction of sp³-hybridized carbons (Fsp3) is 0.448. The van der Waals surface area contributed by atoms with Crippen LogP contribution in [0.15, 0.2) is 85.0 Å². The molecule has 432 valence electrons. The zero-order valence-electron chi connectivity index (χ0n) is 45.9. The van der Waals surface area contributed by atoms with Gasteiger partial charge < -0.3 is 65.8 Å². The molecular formula is C58H72N10O13.